The maximum Gasteiger partial charge on any atom is 0.238 e. The molecule has 1 aliphatic rings. The molecule has 0 fully saturated rings. The van der Waals surface area contributed by atoms with E-state index in [0.717, 1.165) is 42.2 Å². The Hall–Kier alpha value is -3.38. The molecule has 2 heterocycles. The standard InChI is InChI=1S/C24H26N4O2/c1-18-3-7-22(8-4-18)28-16-20(15-25-28)19-11-13-27(14-12-19)17-24(29)26-21-5-9-23(30-2)10-6-21/h3-11,15-16H,12-14,17H2,1-2H3,(H,26,29). The predicted molar refractivity (Wildman–Crippen MR) is 119 cm³/mol. The van der Waals surface area contributed by atoms with Crippen LogP contribution in [-0.2, 0) is 4.79 Å². The Morgan fingerprint density at radius 3 is 2.57 bits per heavy atom. The van der Waals surface area contributed by atoms with E-state index < -0.39 is 0 Å². The summed E-state index contributed by atoms with van der Waals surface area (Å²) in [6.45, 7) is 4.05. The van der Waals surface area contributed by atoms with Gasteiger partial charge in [0.05, 0.1) is 25.5 Å². The van der Waals surface area contributed by atoms with Crippen LogP contribution < -0.4 is 10.1 Å². The third-order valence-electron chi connectivity index (χ3n) is 5.29. The molecule has 154 valence electrons. The van der Waals surface area contributed by atoms with Crippen LogP contribution in [0.2, 0.25) is 0 Å². The van der Waals surface area contributed by atoms with Crippen LogP contribution in [0.15, 0.2) is 67.0 Å². The third kappa shape index (κ3) is 4.78. The number of nitrogens with one attached hydrogen (secondary N) is 1. The Morgan fingerprint density at radius 1 is 1.13 bits per heavy atom. The zero-order valence-electron chi connectivity index (χ0n) is 17.3. The molecule has 0 aliphatic carbocycles. The van der Waals surface area contributed by atoms with E-state index >= 15 is 0 Å². The summed E-state index contributed by atoms with van der Waals surface area (Å²) in [6.07, 6.45) is 7.08. The van der Waals surface area contributed by atoms with Gasteiger partial charge in [-0.1, -0.05) is 23.8 Å². The number of aromatic nitrogens is 2. The van der Waals surface area contributed by atoms with Gasteiger partial charge in [-0.15, -0.1) is 0 Å². The van der Waals surface area contributed by atoms with Crippen molar-refractivity contribution in [3.05, 3.63) is 78.1 Å². The molecule has 6 nitrogen and oxygen atoms in total. The monoisotopic (exact) mass is 402 g/mol. The second-order valence-corrected chi connectivity index (χ2v) is 7.50. The summed E-state index contributed by atoms with van der Waals surface area (Å²) in [4.78, 5) is 14.5. The van der Waals surface area contributed by atoms with E-state index in [9.17, 15) is 4.79 Å². The molecule has 4 rings (SSSR count). The van der Waals surface area contributed by atoms with Gasteiger partial charge in [-0.25, -0.2) is 4.68 Å². The van der Waals surface area contributed by atoms with Crippen molar-refractivity contribution in [3.63, 3.8) is 0 Å². The quantitative estimate of drug-likeness (QED) is 0.679. The Balaban J connectivity index is 1.32. The number of benzene rings is 2. The molecule has 1 amide bonds. The van der Waals surface area contributed by atoms with Crippen molar-refractivity contribution >= 4 is 17.2 Å². The molecular formula is C24H26N4O2. The number of amides is 1. The lowest BCUT2D eigenvalue weighted by molar-refractivity contribution is -0.117. The zero-order valence-corrected chi connectivity index (χ0v) is 17.3. The number of nitrogens with zero attached hydrogens (tertiary/aromatic N) is 3. The third-order valence-corrected chi connectivity index (χ3v) is 5.29. The molecule has 1 aliphatic heterocycles. The first-order valence-electron chi connectivity index (χ1n) is 10.1. The van der Waals surface area contributed by atoms with Gasteiger partial charge in [0.15, 0.2) is 0 Å². The summed E-state index contributed by atoms with van der Waals surface area (Å²) in [5, 5.41) is 7.45. The van der Waals surface area contributed by atoms with Crippen LogP contribution in [0.3, 0.4) is 0 Å². The lowest BCUT2D eigenvalue weighted by atomic mass is 10.0. The van der Waals surface area contributed by atoms with Crippen LogP contribution in [0, 0.1) is 6.92 Å². The number of hydrogen-bond acceptors (Lipinski definition) is 4. The number of methoxy groups -OCH3 is 1. The summed E-state index contributed by atoms with van der Waals surface area (Å²) < 4.78 is 7.05. The molecular weight excluding hydrogens is 376 g/mol. The Bertz CT molecular complexity index is 1040. The fraction of sp³-hybridized carbons (Fsp3) is 0.250. The molecule has 2 aromatic carbocycles. The summed E-state index contributed by atoms with van der Waals surface area (Å²) in [5.41, 5.74) is 5.48. The first-order valence-corrected chi connectivity index (χ1v) is 10.1. The molecule has 0 bridgehead atoms. The molecule has 3 aromatic rings. The lowest BCUT2D eigenvalue weighted by Gasteiger charge is -2.25. The molecule has 1 aromatic heterocycles. The Labute approximate surface area is 176 Å². The van der Waals surface area contributed by atoms with Crippen LogP contribution in [0.4, 0.5) is 5.69 Å². The second kappa shape index (κ2) is 8.97. The fourth-order valence-corrected chi connectivity index (χ4v) is 3.52. The van der Waals surface area contributed by atoms with Crippen molar-refractivity contribution in [2.45, 2.75) is 13.3 Å². The summed E-state index contributed by atoms with van der Waals surface area (Å²) in [5.74, 6) is 0.761. The number of anilines is 1. The number of ether oxygens (including phenoxy) is 1. The summed E-state index contributed by atoms with van der Waals surface area (Å²) in [6, 6.07) is 15.7. The highest BCUT2D eigenvalue weighted by Gasteiger charge is 2.17. The van der Waals surface area contributed by atoms with E-state index in [-0.39, 0.29) is 5.91 Å². The van der Waals surface area contributed by atoms with Crippen LogP contribution >= 0.6 is 0 Å². The van der Waals surface area contributed by atoms with Crippen molar-refractivity contribution in [1.82, 2.24) is 14.7 Å². The van der Waals surface area contributed by atoms with E-state index in [1.165, 1.54) is 11.1 Å². The van der Waals surface area contributed by atoms with E-state index in [4.69, 9.17) is 4.74 Å². The summed E-state index contributed by atoms with van der Waals surface area (Å²) >= 11 is 0. The minimum Gasteiger partial charge on any atom is -0.497 e. The fourth-order valence-electron chi connectivity index (χ4n) is 3.52. The number of carbonyl (C=O) groups excluding carboxylic acids is 1. The smallest absolute Gasteiger partial charge is 0.238 e. The van der Waals surface area contributed by atoms with Crippen molar-refractivity contribution in [2.24, 2.45) is 0 Å². The van der Waals surface area contributed by atoms with Gasteiger partial charge in [0.1, 0.15) is 5.75 Å². The minimum atomic E-state index is -0.00999. The number of hydrogen-bond donors (Lipinski definition) is 1. The van der Waals surface area contributed by atoms with Crippen LogP contribution in [-0.4, -0.2) is 47.3 Å². The zero-order chi connectivity index (χ0) is 20.9. The number of aryl methyl sites for hydroxylation is 1. The Kier molecular flexibility index (Phi) is 5.95. The van der Waals surface area contributed by atoms with E-state index in [1.54, 1.807) is 7.11 Å². The predicted octanol–water partition coefficient (Wildman–Crippen LogP) is 3.92. The van der Waals surface area contributed by atoms with Crippen molar-refractivity contribution in [3.8, 4) is 11.4 Å². The van der Waals surface area contributed by atoms with Crippen LogP contribution in [0.5, 0.6) is 5.75 Å². The lowest BCUT2D eigenvalue weighted by Crippen LogP contribution is -2.36. The molecule has 0 saturated carbocycles. The van der Waals surface area contributed by atoms with Crippen molar-refractivity contribution in [1.29, 1.82) is 0 Å². The molecule has 0 saturated heterocycles. The molecule has 0 atom stereocenters. The van der Waals surface area contributed by atoms with Gasteiger partial charge in [-0.05, 0) is 55.3 Å². The number of carbonyl (C=O) groups is 1. The van der Waals surface area contributed by atoms with Crippen LogP contribution in [0.1, 0.15) is 17.5 Å². The van der Waals surface area contributed by atoms with Gasteiger partial charge in [0.25, 0.3) is 0 Å². The maximum absolute atomic E-state index is 12.4. The molecule has 1 N–H and O–H groups in total. The highest BCUT2D eigenvalue weighted by Crippen LogP contribution is 2.23. The van der Waals surface area contributed by atoms with Gasteiger partial charge >= 0.3 is 0 Å². The normalized spacial score (nSPS) is 14.3. The minimum absolute atomic E-state index is 0.00999. The van der Waals surface area contributed by atoms with Gasteiger partial charge in [-0.3, -0.25) is 9.69 Å². The molecule has 0 radical (unpaired) electrons. The second-order valence-electron chi connectivity index (χ2n) is 7.50. The van der Waals surface area contributed by atoms with Gasteiger partial charge in [0.2, 0.25) is 5.91 Å². The van der Waals surface area contributed by atoms with Gasteiger partial charge < -0.3 is 10.1 Å². The SMILES string of the molecule is COc1ccc(NC(=O)CN2CC=C(c3cnn(-c4ccc(C)cc4)c3)CC2)cc1. The first-order chi connectivity index (χ1) is 14.6. The highest BCUT2D eigenvalue weighted by atomic mass is 16.5. The topological polar surface area (TPSA) is 59.4 Å². The number of rotatable bonds is 6. The Morgan fingerprint density at radius 2 is 1.90 bits per heavy atom. The van der Waals surface area contributed by atoms with E-state index in [1.807, 2.05) is 35.1 Å². The highest BCUT2D eigenvalue weighted by molar-refractivity contribution is 5.92. The summed E-state index contributed by atoms with van der Waals surface area (Å²) in [7, 11) is 1.62. The van der Waals surface area contributed by atoms with Crippen LogP contribution in [0.25, 0.3) is 11.3 Å². The molecule has 0 spiro atoms. The van der Waals surface area contributed by atoms with Gasteiger partial charge in [0, 0.05) is 30.5 Å². The molecule has 6 heteroatoms. The average molecular weight is 402 g/mol. The van der Waals surface area contributed by atoms with E-state index in [0.29, 0.717) is 6.54 Å². The van der Waals surface area contributed by atoms with Crippen molar-refractivity contribution < 1.29 is 9.53 Å². The van der Waals surface area contributed by atoms with E-state index in [2.05, 4.69) is 58.8 Å². The average Bonchev–Trinajstić information content (AvgIpc) is 3.25. The maximum atomic E-state index is 12.4. The molecule has 30 heavy (non-hydrogen) atoms. The van der Waals surface area contributed by atoms with Crippen molar-refractivity contribution in [2.75, 3.05) is 32.1 Å². The molecule has 0 unspecified atom stereocenters. The van der Waals surface area contributed by atoms with Gasteiger partial charge in [-0.2, -0.15) is 5.10 Å². The largest absolute Gasteiger partial charge is 0.497 e. The first kappa shape index (κ1) is 19.9.